The number of fused-ring (bicyclic) bond motifs is 1. The molecule has 1 N–H and O–H groups in total. The van der Waals surface area contributed by atoms with Crippen molar-refractivity contribution in [3.63, 3.8) is 0 Å². The third-order valence-electron chi connectivity index (χ3n) is 3.91. The Bertz CT molecular complexity index is 872. The lowest BCUT2D eigenvalue weighted by molar-refractivity contribution is -0.121. The van der Waals surface area contributed by atoms with E-state index < -0.39 is 0 Å². The summed E-state index contributed by atoms with van der Waals surface area (Å²) in [6.45, 7) is 5.88. The molecule has 0 fully saturated rings. The molecule has 138 valence electrons. The molecule has 0 saturated carbocycles. The van der Waals surface area contributed by atoms with Crippen LogP contribution in [0.4, 0.5) is 0 Å². The Morgan fingerprint density at radius 1 is 1.31 bits per heavy atom. The number of carbonyl (C=O) groups is 1. The number of methoxy groups -OCH3 is 1. The van der Waals surface area contributed by atoms with Gasteiger partial charge in [-0.25, -0.2) is 4.98 Å². The van der Waals surface area contributed by atoms with Crippen molar-refractivity contribution in [3.8, 4) is 11.5 Å². The highest BCUT2D eigenvalue weighted by Gasteiger charge is 2.15. The topological polar surface area (TPSA) is 64.9 Å². The van der Waals surface area contributed by atoms with Crippen molar-refractivity contribution in [1.82, 2.24) is 14.7 Å². The van der Waals surface area contributed by atoms with Gasteiger partial charge < -0.3 is 14.8 Å². The van der Waals surface area contributed by atoms with Gasteiger partial charge in [-0.05, 0) is 38.5 Å². The molecule has 1 amide bonds. The molecule has 1 atom stereocenters. The minimum Gasteiger partial charge on any atom is -0.493 e. The van der Waals surface area contributed by atoms with E-state index in [0.717, 1.165) is 16.2 Å². The number of benzene rings is 1. The lowest BCUT2D eigenvalue weighted by atomic mass is 10.1. The highest BCUT2D eigenvalue weighted by Crippen LogP contribution is 2.31. The molecule has 2 aromatic heterocycles. The fourth-order valence-corrected chi connectivity index (χ4v) is 3.43. The van der Waals surface area contributed by atoms with E-state index in [1.165, 1.54) is 0 Å². The number of hydrogen-bond donors (Lipinski definition) is 1. The number of ether oxygens (including phenoxy) is 2. The maximum Gasteiger partial charge on any atom is 0.226 e. The van der Waals surface area contributed by atoms with Crippen molar-refractivity contribution in [3.05, 3.63) is 47.2 Å². The molecule has 0 aliphatic carbocycles. The van der Waals surface area contributed by atoms with Gasteiger partial charge in [-0.2, -0.15) is 0 Å². The van der Waals surface area contributed by atoms with Gasteiger partial charge in [0.25, 0.3) is 0 Å². The number of carbonyl (C=O) groups excluding carboxylic acids is 1. The first kappa shape index (κ1) is 18.3. The van der Waals surface area contributed by atoms with Gasteiger partial charge in [0, 0.05) is 17.8 Å². The molecule has 0 aliphatic heterocycles. The van der Waals surface area contributed by atoms with E-state index in [-0.39, 0.29) is 24.5 Å². The summed E-state index contributed by atoms with van der Waals surface area (Å²) in [4.78, 5) is 17.7. The third kappa shape index (κ3) is 4.16. The summed E-state index contributed by atoms with van der Waals surface area (Å²) in [5.41, 5.74) is 1.72. The Balaban J connectivity index is 1.65. The Hall–Kier alpha value is -2.54. The summed E-state index contributed by atoms with van der Waals surface area (Å²) in [5, 5.41) is 4.98. The van der Waals surface area contributed by atoms with Gasteiger partial charge in [0.2, 0.25) is 5.91 Å². The minimum atomic E-state index is -0.145. The monoisotopic (exact) mass is 373 g/mol. The van der Waals surface area contributed by atoms with Crippen LogP contribution in [0.1, 0.15) is 38.1 Å². The maximum atomic E-state index is 12.3. The van der Waals surface area contributed by atoms with E-state index in [2.05, 4.69) is 10.3 Å². The average molecular weight is 373 g/mol. The molecule has 0 saturated heterocycles. The van der Waals surface area contributed by atoms with Crippen LogP contribution in [0.25, 0.3) is 4.96 Å². The van der Waals surface area contributed by atoms with Gasteiger partial charge in [-0.15, -0.1) is 11.3 Å². The number of nitrogens with zero attached hydrogens (tertiary/aromatic N) is 2. The van der Waals surface area contributed by atoms with E-state index in [4.69, 9.17) is 9.47 Å². The summed E-state index contributed by atoms with van der Waals surface area (Å²) in [6.07, 6.45) is 4.14. The Kier molecular flexibility index (Phi) is 5.46. The molecule has 6 nitrogen and oxygen atoms in total. The van der Waals surface area contributed by atoms with Crippen LogP contribution < -0.4 is 14.8 Å². The molecule has 3 rings (SSSR count). The highest BCUT2D eigenvalue weighted by molar-refractivity contribution is 7.15. The van der Waals surface area contributed by atoms with Gasteiger partial charge in [0.05, 0.1) is 31.4 Å². The van der Waals surface area contributed by atoms with Crippen molar-refractivity contribution >= 4 is 22.2 Å². The predicted octanol–water partition coefficient (Wildman–Crippen LogP) is 3.61. The van der Waals surface area contributed by atoms with Crippen LogP contribution in [0.15, 0.2) is 36.0 Å². The number of nitrogens with one attached hydrogen (secondary N) is 1. The zero-order valence-electron chi connectivity index (χ0n) is 15.4. The summed E-state index contributed by atoms with van der Waals surface area (Å²) in [7, 11) is 1.61. The van der Waals surface area contributed by atoms with Crippen LogP contribution in [-0.4, -0.2) is 28.5 Å². The molecule has 1 unspecified atom stereocenters. The van der Waals surface area contributed by atoms with Crippen LogP contribution in [0.3, 0.4) is 0 Å². The molecular formula is C19H23N3O3S. The fraction of sp³-hybridized carbons (Fsp3) is 0.368. The summed E-state index contributed by atoms with van der Waals surface area (Å²) in [5.74, 6) is 1.29. The van der Waals surface area contributed by atoms with Gasteiger partial charge in [-0.1, -0.05) is 6.07 Å². The summed E-state index contributed by atoms with van der Waals surface area (Å²) in [6, 6.07) is 5.57. The molecule has 0 bridgehead atoms. The summed E-state index contributed by atoms with van der Waals surface area (Å²) >= 11 is 1.55. The standard InChI is InChI=1S/C19H23N3O3S/c1-12(2)25-16-6-5-14(9-17(16)24-4)13(3)20-18(23)10-15-11-22-7-8-26-19(22)21-15/h5-9,11-13H,10H2,1-4H3,(H,20,23). The summed E-state index contributed by atoms with van der Waals surface area (Å²) < 4.78 is 13.1. The lowest BCUT2D eigenvalue weighted by Gasteiger charge is -2.18. The highest BCUT2D eigenvalue weighted by atomic mass is 32.1. The third-order valence-corrected chi connectivity index (χ3v) is 4.68. The van der Waals surface area contributed by atoms with Gasteiger partial charge in [-0.3, -0.25) is 9.20 Å². The first-order valence-electron chi connectivity index (χ1n) is 8.51. The SMILES string of the molecule is COc1cc(C(C)NC(=O)Cc2cn3ccsc3n2)ccc1OC(C)C. The van der Waals surface area contributed by atoms with Crippen LogP contribution in [0, 0.1) is 0 Å². The minimum absolute atomic E-state index is 0.0651. The second-order valence-corrected chi connectivity index (χ2v) is 7.24. The van der Waals surface area contributed by atoms with Gasteiger partial charge in [0.15, 0.2) is 16.5 Å². The Labute approximate surface area is 156 Å². The number of thiazole rings is 1. The zero-order chi connectivity index (χ0) is 18.7. The number of hydrogen-bond acceptors (Lipinski definition) is 5. The molecular weight excluding hydrogens is 350 g/mol. The fourth-order valence-electron chi connectivity index (χ4n) is 2.71. The van der Waals surface area contributed by atoms with E-state index >= 15 is 0 Å². The average Bonchev–Trinajstić information content (AvgIpc) is 3.15. The van der Waals surface area contributed by atoms with Crippen molar-refractivity contribution in [2.24, 2.45) is 0 Å². The molecule has 0 aliphatic rings. The van der Waals surface area contributed by atoms with E-state index in [1.54, 1.807) is 18.4 Å². The van der Waals surface area contributed by atoms with Crippen molar-refractivity contribution in [2.45, 2.75) is 39.3 Å². The smallest absolute Gasteiger partial charge is 0.226 e. The first-order valence-corrected chi connectivity index (χ1v) is 9.39. The second-order valence-electron chi connectivity index (χ2n) is 6.37. The lowest BCUT2D eigenvalue weighted by Crippen LogP contribution is -2.28. The molecule has 7 heteroatoms. The van der Waals surface area contributed by atoms with E-state index in [9.17, 15) is 4.79 Å². The molecule has 3 aromatic rings. The van der Waals surface area contributed by atoms with Gasteiger partial charge >= 0.3 is 0 Å². The molecule has 0 spiro atoms. The van der Waals surface area contributed by atoms with E-state index in [1.807, 2.05) is 61.1 Å². The number of rotatable bonds is 7. The Morgan fingerprint density at radius 2 is 2.12 bits per heavy atom. The van der Waals surface area contributed by atoms with Crippen molar-refractivity contribution < 1.29 is 14.3 Å². The molecule has 26 heavy (non-hydrogen) atoms. The normalized spacial score (nSPS) is 12.3. The van der Waals surface area contributed by atoms with Crippen molar-refractivity contribution in [1.29, 1.82) is 0 Å². The predicted molar refractivity (Wildman–Crippen MR) is 102 cm³/mol. The number of imidazole rings is 1. The second kappa shape index (κ2) is 7.78. The van der Waals surface area contributed by atoms with Crippen LogP contribution in [0.5, 0.6) is 11.5 Å². The molecule has 1 aromatic carbocycles. The van der Waals surface area contributed by atoms with Gasteiger partial charge in [0.1, 0.15) is 0 Å². The van der Waals surface area contributed by atoms with Crippen molar-refractivity contribution in [2.75, 3.05) is 7.11 Å². The first-order chi connectivity index (χ1) is 12.5. The Morgan fingerprint density at radius 3 is 2.81 bits per heavy atom. The number of aromatic nitrogens is 2. The molecule has 2 heterocycles. The quantitative estimate of drug-likeness (QED) is 0.687. The number of amides is 1. The molecule has 0 radical (unpaired) electrons. The largest absolute Gasteiger partial charge is 0.493 e. The van der Waals surface area contributed by atoms with Crippen LogP contribution in [0.2, 0.25) is 0 Å². The zero-order valence-corrected chi connectivity index (χ0v) is 16.2. The van der Waals surface area contributed by atoms with E-state index in [0.29, 0.717) is 11.5 Å². The van der Waals surface area contributed by atoms with Crippen LogP contribution in [-0.2, 0) is 11.2 Å². The maximum absolute atomic E-state index is 12.3. The van der Waals surface area contributed by atoms with Crippen LogP contribution >= 0.6 is 11.3 Å².